The van der Waals surface area contributed by atoms with Crippen LogP contribution in [0.5, 0.6) is 5.75 Å². The largest absolute Gasteiger partial charge is 0.482 e. The van der Waals surface area contributed by atoms with E-state index < -0.39 is 12.8 Å². The summed E-state index contributed by atoms with van der Waals surface area (Å²) in [5.41, 5.74) is 1.77. The average Bonchev–Trinajstić information content (AvgIpc) is 2.51. The van der Waals surface area contributed by atoms with Crippen molar-refractivity contribution in [1.29, 1.82) is 5.26 Å². The summed E-state index contributed by atoms with van der Waals surface area (Å²) in [7, 11) is 0. The summed E-state index contributed by atoms with van der Waals surface area (Å²) in [6.07, 6.45) is -4.41. The molecule has 1 N–H and O–H groups in total. The predicted octanol–water partition coefficient (Wildman–Crippen LogP) is 4.76. The summed E-state index contributed by atoms with van der Waals surface area (Å²) in [4.78, 5) is 0. The number of hydrogen-bond acceptors (Lipinski definition) is 3. The number of rotatable bonds is 5. The van der Waals surface area contributed by atoms with E-state index in [1.165, 1.54) is 18.2 Å². The molecule has 0 spiro atoms. The Bertz CT molecular complexity index is 709. The third kappa shape index (κ3) is 5.38. The molecule has 0 unspecified atom stereocenters. The van der Waals surface area contributed by atoms with Crippen molar-refractivity contribution in [3.8, 4) is 11.8 Å². The minimum absolute atomic E-state index is 0.0698. The topological polar surface area (TPSA) is 45.0 Å². The highest BCUT2D eigenvalue weighted by Crippen LogP contribution is 2.30. The molecule has 2 rings (SSSR count). The molecule has 0 aliphatic heterocycles. The summed E-state index contributed by atoms with van der Waals surface area (Å²) < 4.78 is 41.6. The Kier molecular flexibility index (Phi) is 5.35. The Hall–Kier alpha value is -2.39. The molecule has 0 fully saturated rings. The molecule has 0 aromatic heterocycles. The Morgan fingerprint density at radius 3 is 2.43 bits per heavy atom. The highest BCUT2D eigenvalue weighted by molar-refractivity contribution is 6.30. The fourth-order valence-corrected chi connectivity index (χ4v) is 1.99. The van der Waals surface area contributed by atoms with Gasteiger partial charge in [0.1, 0.15) is 5.75 Å². The van der Waals surface area contributed by atoms with E-state index in [9.17, 15) is 13.2 Å². The number of nitriles is 1. The predicted molar refractivity (Wildman–Crippen MR) is 81.5 cm³/mol. The highest BCUT2D eigenvalue weighted by atomic mass is 35.5. The number of ether oxygens (including phenoxy) is 1. The van der Waals surface area contributed by atoms with Crippen molar-refractivity contribution in [3.05, 3.63) is 58.6 Å². The molecule has 0 saturated carbocycles. The summed E-state index contributed by atoms with van der Waals surface area (Å²) in [5.74, 6) is 0.0698. The van der Waals surface area contributed by atoms with Crippen LogP contribution in [0.1, 0.15) is 11.1 Å². The van der Waals surface area contributed by atoms with Crippen LogP contribution in [-0.2, 0) is 6.54 Å². The molecule has 3 nitrogen and oxygen atoms in total. The van der Waals surface area contributed by atoms with Crippen LogP contribution >= 0.6 is 11.6 Å². The standard InChI is InChI=1S/C16H12ClF3N2O/c17-13-5-6-15(23-10-16(18,19)20)14(7-13)22-9-12-3-1-11(8-21)2-4-12/h1-7,22H,9-10H2. The number of alkyl halides is 3. The minimum Gasteiger partial charge on any atom is -0.482 e. The number of anilines is 1. The molecule has 0 radical (unpaired) electrons. The van der Waals surface area contributed by atoms with E-state index in [2.05, 4.69) is 5.32 Å². The van der Waals surface area contributed by atoms with Crippen LogP contribution in [0.3, 0.4) is 0 Å². The summed E-state index contributed by atoms with van der Waals surface area (Å²) in [6, 6.07) is 13.2. The zero-order valence-corrected chi connectivity index (χ0v) is 12.6. The highest BCUT2D eigenvalue weighted by Gasteiger charge is 2.28. The second kappa shape index (κ2) is 7.25. The van der Waals surface area contributed by atoms with Crippen LogP contribution in [0.2, 0.25) is 5.02 Å². The van der Waals surface area contributed by atoms with Gasteiger partial charge in [-0.15, -0.1) is 0 Å². The lowest BCUT2D eigenvalue weighted by Crippen LogP contribution is -2.19. The van der Waals surface area contributed by atoms with Gasteiger partial charge >= 0.3 is 6.18 Å². The molecule has 7 heteroatoms. The number of benzene rings is 2. The van der Waals surface area contributed by atoms with Crippen LogP contribution in [0.25, 0.3) is 0 Å². The van der Waals surface area contributed by atoms with E-state index in [1.807, 2.05) is 6.07 Å². The summed E-state index contributed by atoms with van der Waals surface area (Å²) in [5, 5.41) is 12.1. The Morgan fingerprint density at radius 2 is 1.83 bits per heavy atom. The van der Waals surface area contributed by atoms with Crippen LogP contribution in [-0.4, -0.2) is 12.8 Å². The van der Waals surface area contributed by atoms with Gasteiger partial charge in [0, 0.05) is 11.6 Å². The summed E-state index contributed by atoms with van der Waals surface area (Å²) in [6.45, 7) is -1.02. The molecule has 0 atom stereocenters. The molecule has 0 aliphatic carbocycles. The van der Waals surface area contributed by atoms with E-state index in [4.69, 9.17) is 21.6 Å². The molecule has 23 heavy (non-hydrogen) atoms. The van der Waals surface area contributed by atoms with E-state index >= 15 is 0 Å². The maximum Gasteiger partial charge on any atom is 0.422 e. The number of nitrogens with one attached hydrogen (secondary N) is 1. The second-order valence-electron chi connectivity index (χ2n) is 4.71. The number of halogens is 4. The lowest BCUT2D eigenvalue weighted by molar-refractivity contribution is -0.153. The zero-order chi connectivity index (χ0) is 16.9. The molecule has 2 aromatic carbocycles. The van der Waals surface area contributed by atoms with Gasteiger partial charge in [0.15, 0.2) is 6.61 Å². The third-order valence-electron chi connectivity index (χ3n) is 2.90. The first kappa shape index (κ1) is 17.0. The van der Waals surface area contributed by atoms with Crippen LogP contribution in [0.4, 0.5) is 18.9 Å². The average molecular weight is 341 g/mol. The Morgan fingerprint density at radius 1 is 1.13 bits per heavy atom. The first-order valence-corrected chi connectivity index (χ1v) is 6.97. The maximum atomic E-state index is 12.3. The zero-order valence-electron chi connectivity index (χ0n) is 11.8. The van der Waals surface area contributed by atoms with Crippen molar-refractivity contribution in [1.82, 2.24) is 0 Å². The maximum absolute atomic E-state index is 12.3. The van der Waals surface area contributed by atoms with Gasteiger partial charge < -0.3 is 10.1 Å². The van der Waals surface area contributed by atoms with Crippen molar-refractivity contribution in [2.75, 3.05) is 11.9 Å². The molecule has 2 aromatic rings. The van der Waals surface area contributed by atoms with Gasteiger partial charge in [-0.2, -0.15) is 18.4 Å². The van der Waals surface area contributed by atoms with Crippen LogP contribution in [0, 0.1) is 11.3 Å². The third-order valence-corrected chi connectivity index (χ3v) is 3.13. The molecular formula is C16H12ClF3N2O. The van der Waals surface area contributed by atoms with Gasteiger partial charge in [-0.25, -0.2) is 0 Å². The lowest BCUT2D eigenvalue weighted by atomic mass is 10.1. The van der Waals surface area contributed by atoms with Gasteiger partial charge in [-0.05, 0) is 35.9 Å². The molecule has 0 amide bonds. The fraction of sp³-hybridized carbons (Fsp3) is 0.188. The van der Waals surface area contributed by atoms with Crippen LogP contribution in [0.15, 0.2) is 42.5 Å². The van der Waals surface area contributed by atoms with E-state index in [0.29, 0.717) is 22.8 Å². The van der Waals surface area contributed by atoms with E-state index in [0.717, 1.165) is 5.56 Å². The van der Waals surface area contributed by atoms with Gasteiger partial charge in [-0.1, -0.05) is 23.7 Å². The quantitative estimate of drug-likeness (QED) is 0.853. The first-order chi connectivity index (χ1) is 10.9. The fourth-order valence-electron chi connectivity index (χ4n) is 1.82. The van der Waals surface area contributed by atoms with Gasteiger partial charge in [0.05, 0.1) is 17.3 Å². The summed E-state index contributed by atoms with van der Waals surface area (Å²) >= 11 is 5.87. The second-order valence-corrected chi connectivity index (χ2v) is 5.14. The Labute approximate surface area is 136 Å². The number of nitrogens with zero attached hydrogens (tertiary/aromatic N) is 1. The normalized spacial score (nSPS) is 10.9. The monoisotopic (exact) mass is 340 g/mol. The van der Waals surface area contributed by atoms with E-state index in [1.54, 1.807) is 24.3 Å². The van der Waals surface area contributed by atoms with Gasteiger partial charge in [0.25, 0.3) is 0 Å². The van der Waals surface area contributed by atoms with Crippen molar-refractivity contribution in [2.45, 2.75) is 12.7 Å². The van der Waals surface area contributed by atoms with Crippen molar-refractivity contribution in [3.63, 3.8) is 0 Å². The van der Waals surface area contributed by atoms with E-state index in [-0.39, 0.29) is 5.75 Å². The van der Waals surface area contributed by atoms with Crippen LogP contribution < -0.4 is 10.1 Å². The minimum atomic E-state index is -4.41. The van der Waals surface area contributed by atoms with Gasteiger partial charge in [-0.3, -0.25) is 0 Å². The molecule has 0 saturated heterocycles. The smallest absolute Gasteiger partial charge is 0.422 e. The van der Waals surface area contributed by atoms with Gasteiger partial charge in [0.2, 0.25) is 0 Å². The molecule has 0 aliphatic rings. The molecular weight excluding hydrogens is 329 g/mol. The Balaban J connectivity index is 2.08. The molecule has 0 bridgehead atoms. The van der Waals surface area contributed by atoms with Crippen molar-refractivity contribution in [2.24, 2.45) is 0 Å². The molecule has 0 heterocycles. The number of hydrogen-bond donors (Lipinski definition) is 1. The van der Waals surface area contributed by atoms with Crippen molar-refractivity contribution < 1.29 is 17.9 Å². The first-order valence-electron chi connectivity index (χ1n) is 6.59. The SMILES string of the molecule is N#Cc1ccc(CNc2cc(Cl)ccc2OCC(F)(F)F)cc1. The lowest BCUT2D eigenvalue weighted by Gasteiger charge is -2.15. The van der Waals surface area contributed by atoms with Crippen molar-refractivity contribution >= 4 is 17.3 Å². The molecule has 120 valence electrons.